The predicted octanol–water partition coefficient (Wildman–Crippen LogP) is 1.12. The number of carbonyl (C=O) groups excluding carboxylic acids is 3. The number of allylic oxidation sites excluding steroid dienone is 1. The highest BCUT2D eigenvalue weighted by Gasteiger charge is 2.52. The van der Waals surface area contributed by atoms with Gasteiger partial charge in [0.1, 0.15) is 24.9 Å². The van der Waals surface area contributed by atoms with Crippen molar-refractivity contribution in [3.63, 3.8) is 0 Å². The molecule has 0 bridgehead atoms. The minimum Gasteiger partial charge on any atom is -0.459 e. The molecule has 2 aromatic rings. The molecule has 0 saturated carbocycles. The van der Waals surface area contributed by atoms with Gasteiger partial charge in [-0.3, -0.25) is 9.51 Å². The van der Waals surface area contributed by atoms with Crippen LogP contribution in [-0.4, -0.2) is 75.1 Å². The molecule has 1 aliphatic rings. The molecule has 1 aromatic heterocycles. The maximum atomic E-state index is 12.9. The topological polar surface area (TPSA) is 214 Å². The maximum absolute atomic E-state index is 12.9. The lowest BCUT2D eigenvalue weighted by atomic mass is 9.99. The predicted molar refractivity (Wildman–Crippen MR) is 132 cm³/mol. The number of nitrogen functional groups attached to an aromatic ring is 1. The highest BCUT2D eigenvalue weighted by atomic mass is 31.2. The van der Waals surface area contributed by atoms with E-state index in [9.17, 15) is 33.8 Å². The Bertz CT molecular complexity index is 1260. The number of aromatic nitrogens is 1. The molecule has 3 rings (SSSR count). The van der Waals surface area contributed by atoms with Crippen LogP contribution in [0.2, 0.25) is 0 Å². The Hall–Kier alpha value is -3.65. The molecule has 210 valence electrons. The van der Waals surface area contributed by atoms with Crippen LogP contribution in [-0.2, 0) is 32.8 Å². The number of para-hydroxylation sites is 1. The summed E-state index contributed by atoms with van der Waals surface area (Å²) in [6, 6.07) is 8.61. The smallest absolute Gasteiger partial charge is 0.459 e. The third kappa shape index (κ3) is 7.93. The summed E-state index contributed by atoms with van der Waals surface area (Å²) in [5.74, 6) is -2.87. The fraction of sp³-hybridized carbons (Fsp3) is 0.333. The monoisotopic (exact) mass is 566 g/mol. The molecule has 1 saturated heterocycles. The van der Waals surface area contributed by atoms with Crippen molar-refractivity contribution in [2.75, 3.05) is 12.3 Å². The molecule has 0 unspecified atom stereocenters. The van der Waals surface area contributed by atoms with Crippen LogP contribution in [0.25, 0.3) is 0 Å². The van der Waals surface area contributed by atoms with Crippen molar-refractivity contribution < 1.29 is 57.3 Å². The van der Waals surface area contributed by atoms with E-state index in [0.717, 1.165) is 6.20 Å². The first-order valence-corrected chi connectivity index (χ1v) is 13.0. The van der Waals surface area contributed by atoms with Crippen LogP contribution < -0.4 is 5.73 Å². The van der Waals surface area contributed by atoms with Gasteiger partial charge in [-0.1, -0.05) is 18.2 Å². The van der Waals surface area contributed by atoms with E-state index in [2.05, 4.69) is 4.98 Å². The zero-order valence-corrected chi connectivity index (χ0v) is 21.7. The van der Waals surface area contributed by atoms with Gasteiger partial charge >= 0.3 is 25.7 Å². The Morgan fingerprint density at radius 2 is 1.82 bits per heavy atom. The molecular weight excluding hydrogens is 539 g/mol. The quantitative estimate of drug-likeness (QED) is 0.110. The Kier molecular flexibility index (Phi) is 9.92. The molecule has 15 heteroatoms. The number of phosphoric ester groups is 1. The third-order valence-corrected chi connectivity index (χ3v) is 6.07. The van der Waals surface area contributed by atoms with E-state index < -0.39 is 63.0 Å². The summed E-state index contributed by atoms with van der Waals surface area (Å²) in [6.07, 6.45) is -5.25. The van der Waals surface area contributed by atoms with E-state index >= 15 is 0 Å². The molecule has 1 aliphatic heterocycles. The van der Waals surface area contributed by atoms with E-state index in [1.54, 1.807) is 13.0 Å². The average Bonchev–Trinajstić information content (AvgIpc) is 2.90. The lowest BCUT2D eigenvalue weighted by molar-refractivity contribution is -0.282. The van der Waals surface area contributed by atoms with Crippen molar-refractivity contribution in [3.05, 3.63) is 71.6 Å². The van der Waals surface area contributed by atoms with E-state index in [4.69, 9.17) is 29.2 Å². The first-order chi connectivity index (χ1) is 18.4. The van der Waals surface area contributed by atoms with E-state index in [1.807, 2.05) is 0 Å². The summed E-state index contributed by atoms with van der Waals surface area (Å²) in [7, 11) is -5.33. The number of hydrogen-bond donors (Lipinski definition) is 4. The molecule has 5 atom stereocenters. The Labute approximate surface area is 222 Å². The van der Waals surface area contributed by atoms with Crippen LogP contribution in [0.5, 0.6) is 0 Å². The van der Waals surface area contributed by atoms with Gasteiger partial charge < -0.3 is 39.6 Å². The second kappa shape index (κ2) is 12.9. The van der Waals surface area contributed by atoms with E-state index in [0.29, 0.717) is 0 Å². The molecule has 5 N–H and O–H groups in total. The molecule has 0 spiro atoms. The molecule has 0 radical (unpaired) electrons. The number of carbonyl (C=O) groups is 3. The number of pyridine rings is 1. The summed E-state index contributed by atoms with van der Waals surface area (Å²) in [5.41, 5.74) is 5.94. The van der Waals surface area contributed by atoms with Gasteiger partial charge in [-0.25, -0.2) is 18.9 Å². The Morgan fingerprint density at radius 3 is 2.44 bits per heavy atom. The Balaban J connectivity index is 1.97. The number of rotatable bonds is 9. The first kappa shape index (κ1) is 29.9. The van der Waals surface area contributed by atoms with Gasteiger partial charge in [-0.2, -0.15) is 0 Å². The molecule has 2 heterocycles. The molecule has 14 nitrogen and oxygen atoms in total. The lowest BCUT2D eigenvalue weighted by Gasteiger charge is -2.42. The first-order valence-electron chi connectivity index (χ1n) is 11.4. The number of anilines is 1. The number of hydrogen-bond acceptors (Lipinski definition) is 12. The summed E-state index contributed by atoms with van der Waals surface area (Å²) in [5, 5.41) is 10.9. The number of esters is 3. The van der Waals surface area contributed by atoms with Crippen molar-refractivity contribution >= 4 is 31.4 Å². The van der Waals surface area contributed by atoms with Crippen molar-refractivity contribution in [1.82, 2.24) is 4.98 Å². The number of aliphatic hydroxyl groups is 1. The fourth-order valence-corrected chi connectivity index (χ4v) is 4.01. The SMILES string of the molecule is C/C=C(\C)C(=O)OC[C@H]1O[C@@H](OC(=O)c2ccccc2N)[C@H](OC(=O)c2cccnc2)[C@@H](OP(=O)(O)O)[C@@H]1O. The summed E-state index contributed by atoms with van der Waals surface area (Å²) >= 11 is 0. The third-order valence-electron chi connectivity index (χ3n) is 5.56. The molecule has 1 fully saturated rings. The van der Waals surface area contributed by atoms with Crippen LogP contribution in [0, 0.1) is 0 Å². The zero-order chi connectivity index (χ0) is 28.7. The molecule has 0 aliphatic carbocycles. The van der Waals surface area contributed by atoms with Gasteiger partial charge in [0.2, 0.25) is 6.29 Å². The summed E-state index contributed by atoms with van der Waals surface area (Å²) in [4.78, 5) is 60.7. The van der Waals surface area contributed by atoms with Crippen LogP contribution in [0.1, 0.15) is 34.6 Å². The largest absolute Gasteiger partial charge is 0.470 e. The summed E-state index contributed by atoms with van der Waals surface area (Å²) in [6.45, 7) is 2.43. The highest BCUT2D eigenvalue weighted by molar-refractivity contribution is 7.46. The van der Waals surface area contributed by atoms with Crippen molar-refractivity contribution in [2.45, 2.75) is 44.6 Å². The zero-order valence-electron chi connectivity index (χ0n) is 20.8. The Morgan fingerprint density at radius 1 is 1.10 bits per heavy atom. The molecule has 1 aromatic carbocycles. The van der Waals surface area contributed by atoms with Gasteiger partial charge in [-0.15, -0.1) is 0 Å². The number of ether oxygens (including phenoxy) is 4. The fourth-order valence-electron chi connectivity index (χ4n) is 3.44. The van der Waals surface area contributed by atoms with Crippen LogP contribution in [0.15, 0.2) is 60.4 Å². The molecule has 39 heavy (non-hydrogen) atoms. The van der Waals surface area contributed by atoms with Gasteiger partial charge in [0.25, 0.3) is 0 Å². The van der Waals surface area contributed by atoms with Crippen molar-refractivity contribution in [1.29, 1.82) is 0 Å². The summed E-state index contributed by atoms with van der Waals surface area (Å²) < 4.78 is 38.0. The minimum absolute atomic E-state index is 0.0394. The van der Waals surface area contributed by atoms with Crippen LogP contribution in [0.4, 0.5) is 5.69 Å². The molecular formula is C24H27N2O12P. The number of phosphoric acid groups is 1. The number of nitrogens with zero attached hydrogens (tertiary/aromatic N) is 1. The van der Waals surface area contributed by atoms with Gasteiger partial charge in [0.15, 0.2) is 6.10 Å². The number of benzene rings is 1. The van der Waals surface area contributed by atoms with E-state index in [-0.39, 0.29) is 22.4 Å². The second-order valence-electron chi connectivity index (χ2n) is 8.27. The second-order valence-corrected chi connectivity index (χ2v) is 9.46. The van der Waals surface area contributed by atoms with E-state index in [1.165, 1.54) is 49.5 Å². The minimum atomic E-state index is -5.33. The van der Waals surface area contributed by atoms with Crippen molar-refractivity contribution in [3.8, 4) is 0 Å². The van der Waals surface area contributed by atoms with Crippen LogP contribution >= 0.6 is 7.82 Å². The number of nitrogens with two attached hydrogens (primary N) is 1. The van der Waals surface area contributed by atoms with Gasteiger partial charge in [0.05, 0.1) is 11.1 Å². The van der Waals surface area contributed by atoms with Gasteiger partial charge in [-0.05, 0) is 38.1 Å². The normalized spacial score (nSPS) is 23.5. The average molecular weight is 566 g/mol. The van der Waals surface area contributed by atoms with Crippen molar-refractivity contribution in [2.24, 2.45) is 0 Å². The lowest BCUT2D eigenvalue weighted by Crippen LogP contribution is -2.61. The number of aliphatic hydroxyl groups excluding tert-OH is 1. The van der Waals surface area contributed by atoms with Crippen LogP contribution in [0.3, 0.4) is 0 Å². The maximum Gasteiger partial charge on any atom is 0.470 e. The highest BCUT2D eigenvalue weighted by Crippen LogP contribution is 2.42. The molecule has 0 amide bonds. The van der Waals surface area contributed by atoms with Gasteiger partial charge in [0, 0.05) is 23.7 Å². The standard InChI is InChI=1S/C24H27N2O12P/c1-3-13(2)21(28)34-12-17-18(27)19(38-39(31,32)33)20(36-22(29)14-7-6-10-26-11-14)24(35-17)37-23(30)15-8-4-5-9-16(15)25/h3-11,17-20,24,27H,12,25H2,1-2H3,(H2,31,32,33)/b13-3+/t17-,18-,19+,20-,24+/m1/s1.